The minimum absolute atomic E-state index is 0.236. The standard InChI is InChI=1S/C14H22O2/c1-5-12(6-2)16-14-8-7-10(3)9-13(14)11(4)15/h7-9,11-12,15H,5-6H2,1-4H3/t11-/m1/s1. The Morgan fingerprint density at radius 2 is 1.88 bits per heavy atom. The van der Waals surface area contributed by atoms with Crippen LogP contribution in [0, 0.1) is 6.92 Å². The van der Waals surface area contributed by atoms with Gasteiger partial charge < -0.3 is 9.84 Å². The highest BCUT2D eigenvalue weighted by Gasteiger charge is 2.12. The molecule has 0 unspecified atom stereocenters. The van der Waals surface area contributed by atoms with Gasteiger partial charge in [0.25, 0.3) is 0 Å². The molecule has 0 spiro atoms. The first kappa shape index (κ1) is 13.0. The average molecular weight is 222 g/mol. The van der Waals surface area contributed by atoms with Crippen LogP contribution in [0.3, 0.4) is 0 Å². The fraction of sp³-hybridized carbons (Fsp3) is 0.571. The average Bonchev–Trinajstić information content (AvgIpc) is 2.27. The summed E-state index contributed by atoms with van der Waals surface area (Å²) in [7, 11) is 0. The largest absolute Gasteiger partial charge is 0.490 e. The fourth-order valence-electron chi connectivity index (χ4n) is 1.74. The third-order valence-corrected chi connectivity index (χ3v) is 2.82. The molecule has 0 heterocycles. The molecule has 0 aromatic heterocycles. The lowest BCUT2D eigenvalue weighted by molar-refractivity contribution is 0.166. The van der Waals surface area contributed by atoms with Crippen molar-refractivity contribution in [1.29, 1.82) is 0 Å². The van der Waals surface area contributed by atoms with Crippen LogP contribution in [0.15, 0.2) is 18.2 Å². The van der Waals surface area contributed by atoms with Crippen LogP contribution in [0.4, 0.5) is 0 Å². The summed E-state index contributed by atoms with van der Waals surface area (Å²) in [4.78, 5) is 0. The second-order valence-electron chi connectivity index (χ2n) is 4.27. The highest BCUT2D eigenvalue weighted by molar-refractivity contribution is 5.38. The van der Waals surface area contributed by atoms with E-state index in [-0.39, 0.29) is 6.10 Å². The lowest BCUT2D eigenvalue weighted by atomic mass is 10.1. The van der Waals surface area contributed by atoms with Crippen LogP contribution in [0.1, 0.15) is 50.8 Å². The van der Waals surface area contributed by atoms with E-state index >= 15 is 0 Å². The van der Waals surface area contributed by atoms with E-state index in [1.165, 1.54) is 0 Å². The lowest BCUT2D eigenvalue weighted by Gasteiger charge is -2.20. The van der Waals surface area contributed by atoms with Crippen molar-refractivity contribution in [3.63, 3.8) is 0 Å². The van der Waals surface area contributed by atoms with Crippen molar-refractivity contribution in [2.45, 2.75) is 52.7 Å². The zero-order valence-electron chi connectivity index (χ0n) is 10.7. The lowest BCUT2D eigenvalue weighted by Crippen LogP contribution is -2.15. The van der Waals surface area contributed by atoms with E-state index in [9.17, 15) is 5.11 Å². The van der Waals surface area contributed by atoms with E-state index in [0.717, 1.165) is 29.7 Å². The Kier molecular flexibility index (Phi) is 4.81. The van der Waals surface area contributed by atoms with Gasteiger partial charge >= 0.3 is 0 Å². The highest BCUT2D eigenvalue weighted by atomic mass is 16.5. The zero-order valence-corrected chi connectivity index (χ0v) is 10.7. The second-order valence-corrected chi connectivity index (χ2v) is 4.27. The smallest absolute Gasteiger partial charge is 0.125 e. The molecular weight excluding hydrogens is 200 g/mol. The Bertz CT molecular complexity index is 328. The van der Waals surface area contributed by atoms with Gasteiger partial charge in [-0.2, -0.15) is 0 Å². The molecule has 1 aromatic rings. The molecule has 0 amide bonds. The molecule has 1 atom stereocenters. The number of aliphatic hydroxyl groups is 1. The number of hydrogen-bond donors (Lipinski definition) is 1. The van der Waals surface area contributed by atoms with E-state index in [0.29, 0.717) is 0 Å². The van der Waals surface area contributed by atoms with Gasteiger partial charge in [0.05, 0.1) is 12.2 Å². The van der Waals surface area contributed by atoms with Crippen molar-refractivity contribution < 1.29 is 9.84 Å². The number of rotatable bonds is 5. The summed E-state index contributed by atoms with van der Waals surface area (Å²) in [6.45, 7) is 8.02. The van der Waals surface area contributed by atoms with Gasteiger partial charge in [-0.15, -0.1) is 0 Å². The fourth-order valence-corrected chi connectivity index (χ4v) is 1.74. The Balaban J connectivity index is 2.94. The maximum absolute atomic E-state index is 9.71. The number of aliphatic hydroxyl groups excluding tert-OH is 1. The molecule has 0 bridgehead atoms. The summed E-state index contributed by atoms with van der Waals surface area (Å²) >= 11 is 0. The number of hydrogen-bond acceptors (Lipinski definition) is 2. The molecular formula is C14H22O2. The molecule has 0 fully saturated rings. The summed E-state index contributed by atoms with van der Waals surface area (Å²) < 4.78 is 5.90. The van der Waals surface area contributed by atoms with Crippen molar-refractivity contribution in [1.82, 2.24) is 0 Å². The van der Waals surface area contributed by atoms with Crippen LogP contribution >= 0.6 is 0 Å². The molecule has 0 saturated carbocycles. The molecule has 1 N–H and O–H groups in total. The highest BCUT2D eigenvalue weighted by Crippen LogP contribution is 2.27. The third kappa shape index (κ3) is 3.24. The van der Waals surface area contributed by atoms with E-state index < -0.39 is 6.10 Å². The molecule has 0 aliphatic heterocycles. The number of aryl methyl sites for hydroxylation is 1. The van der Waals surface area contributed by atoms with Crippen LogP contribution in [0.5, 0.6) is 5.75 Å². The van der Waals surface area contributed by atoms with E-state index in [1.807, 2.05) is 25.1 Å². The minimum Gasteiger partial charge on any atom is -0.490 e. The zero-order chi connectivity index (χ0) is 12.1. The molecule has 2 heteroatoms. The van der Waals surface area contributed by atoms with Gasteiger partial charge in [0.15, 0.2) is 0 Å². The van der Waals surface area contributed by atoms with Gasteiger partial charge in [-0.3, -0.25) is 0 Å². The number of ether oxygens (including phenoxy) is 1. The maximum atomic E-state index is 9.71. The van der Waals surface area contributed by atoms with Crippen LogP contribution < -0.4 is 4.74 Å². The Labute approximate surface area is 98.3 Å². The monoisotopic (exact) mass is 222 g/mol. The first-order chi connectivity index (χ1) is 7.58. The van der Waals surface area contributed by atoms with Gasteiger partial charge in [0.1, 0.15) is 5.75 Å². The molecule has 1 aromatic carbocycles. The molecule has 0 aliphatic rings. The summed E-state index contributed by atoms with van der Waals surface area (Å²) in [6.07, 6.45) is 1.73. The van der Waals surface area contributed by atoms with Gasteiger partial charge in [0.2, 0.25) is 0 Å². The first-order valence-corrected chi connectivity index (χ1v) is 6.03. The molecule has 16 heavy (non-hydrogen) atoms. The van der Waals surface area contributed by atoms with Crippen molar-refractivity contribution in [3.8, 4) is 5.75 Å². The Morgan fingerprint density at radius 3 is 2.38 bits per heavy atom. The summed E-state index contributed by atoms with van der Waals surface area (Å²) in [6, 6.07) is 5.96. The van der Waals surface area contributed by atoms with Crippen molar-refractivity contribution in [2.24, 2.45) is 0 Å². The van der Waals surface area contributed by atoms with E-state index in [1.54, 1.807) is 6.92 Å². The van der Waals surface area contributed by atoms with Gasteiger partial charge in [-0.05, 0) is 38.8 Å². The van der Waals surface area contributed by atoms with Crippen LogP contribution in [0.2, 0.25) is 0 Å². The number of benzene rings is 1. The van der Waals surface area contributed by atoms with Crippen LogP contribution in [0.25, 0.3) is 0 Å². The molecule has 0 aliphatic carbocycles. The van der Waals surface area contributed by atoms with Gasteiger partial charge in [-0.25, -0.2) is 0 Å². The van der Waals surface area contributed by atoms with Crippen molar-refractivity contribution in [3.05, 3.63) is 29.3 Å². The molecule has 0 saturated heterocycles. The summed E-state index contributed by atoms with van der Waals surface area (Å²) in [5.74, 6) is 0.814. The maximum Gasteiger partial charge on any atom is 0.125 e. The van der Waals surface area contributed by atoms with Gasteiger partial charge in [-0.1, -0.05) is 25.5 Å². The van der Waals surface area contributed by atoms with Crippen LogP contribution in [-0.2, 0) is 0 Å². The molecule has 1 rings (SSSR count). The van der Waals surface area contributed by atoms with Crippen molar-refractivity contribution in [2.75, 3.05) is 0 Å². The quantitative estimate of drug-likeness (QED) is 0.824. The SMILES string of the molecule is CCC(CC)Oc1ccc(C)cc1[C@@H](C)O. The van der Waals surface area contributed by atoms with Crippen molar-refractivity contribution >= 4 is 0 Å². The summed E-state index contributed by atoms with van der Waals surface area (Å²) in [5.41, 5.74) is 2.03. The predicted molar refractivity (Wildman–Crippen MR) is 66.8 cm³/mol. The Morgan fingerprint density at radius 1 is 1.25 bits per heavy atom. The van der Waals surface area contributed by atoms with Gasteiger partial charge in [0, 0.05) is 5.56 Å². The predicted octanol–water partition coefficient (Wildman–Crippen LogP) is 3.62. The first-order valence-electron chi connectivity index (χ1n) is 6.03. The molecule has 2 nitrogen and oxygen atoms in total. The molecule has 90 valence electrons. The van der Waals surface area contributed by atoms with Crippen LogP contribution in [-0.4, -0.2) is 11.2 Å². The second kappa shape index (κ2) is 5.90. The minimum atomic E-state index is -0.482. The molecule has 0 radical (unpaired) electrons. The summed E-state index contributed by atoms with van der Waals surface area (Å²) in [5, 5.41) is 9.71. The third-order valence-electron chi connectivity index (χ3n) is 2.82. The Hall–Kier alpha value is -1.02. The topological polar surface area (TPSA) is 29.5 Å². The van der Waals surface area contributed by atoms with E-state index in [4.69, 9.17) is 4.74 Å². The van der Waals surface area contributed by atoms with E-state index in [2.05, 4.69) is 13.8 Å². The normalized spacial score (nSPS) is 12.9.